The maximum absolute atomic E-state index is 12.3. The molecule has 0 radical (unpaired) electrons. The number of benzene rings is 1. The van der Waals surface area contributed by atoms with Crippen molar-refractivity contribution in [3.05, 3.63) is 35.4 Å². The summed E-state index contributed by atoms with van der Waals surface area (Å²) in [6.45, 7) is 3.68. The number of nitrogens with zero attached hydrogens (tertiary/aromatic N) is 2. The standard InChI is InChI=1S/C22H29N3O4/c1-2-3-10-20(27)24-14-11-16(12-15-24)23-19(26)9-6-13-25-21(28)17-7-4-5-8-18(17)22(25)29/h4-5,7-8,16H,2-3,6,9-15H2,1H3,(H,23,26). The Hall–Kier alpha value is -2.70. The van der Waals surface area contributed by atoms with Gasteiger partial charge in [-0.15, -0.1) is 0 Å². The van der Waals surface area contributed by atoms with Crippen LogP contribution in [0, 0.1) is 0 Å². The van der Waals surface area contributed by atoms with Crippen molar-refractivity contribution in [2.24, 2.45) is 0 Å². The topological polar surface area (TPSA) is 86.8 Å². The maximum atomic E-state index is 12.3. The van der Waals surface area contributed by atoms with E-state index in [1.54, 1.807) is 24.3 Å². The minimum atomic E-state index is -0.286. The zero-order valence-corrected chi connectivity index (χ0v) is 17.0. The van der Waals surface area contributed by atoms with Gasteiger partial charge in [-0.3, -0.25) is 24.1 Å². The zero-order chi connectivity index (χ0) is 20.8. The Morgan fingerprint density at radius 1 is 1.00 bits per heavy atom. The summed E-state index contributed by atoms with van der Waals surface area (Å²) in [5.74, 6) is -0.438. The molecule has 7 nitrogen and oxygen atoms in total. The highest BCUT2D eigenvalue weighted by molar-refractivity contribution is 6.21. The van der Waals surface area contributed by atoms with Crippen LogP contribution < -0.4 is 5.32 Å². The number of piperidine rings is 1. The number of amides is 4. The summed E-state index contributed by atoms with van der Waals surface area (Å²) in [6, 6.07) is 6.87. The summed E-state index contributed by atoms with van der Waals surface area (Å²) in [4.78, 5) is 52.1. The van der Waals surface area contributed by atoms with Crippen molar-refractivity contribution < 1.29 is 19.2 Å². The first-order valence-corrected chi connectivity index (χ1v) is 10.5. The first-order chi connectivity index (χ1) is 14.0. The van der Waals surface area contributed by atoms with Crippen molar-refractivity contribution in [3.63, 3.8) is 0 Å². The number of imide groups is 1. The van der Waals surface area contributed by atoms with Crippen molar-refractivity contribution >= 4 is 23.6 Å². The number of carbonyl (C=O) groups excluding carboxylic acids is 4. The molecule has 4 amide bonds. The monoisotopic (exact) mass is 399 g/mol. The minimum absolute atomic E-state index is 0.0719. The molecule has 0 aliphatic carbocycles. The Morgan fingerprint density at radius 3 is 2.21 bits per heavy atom. The van der Waals surface area contributed by atoms with Crippen molar-refractivity contribution in [1.29, 1.82) is 0 Å². The largest absolute Gasteiger partial charge is 0.353 e. The summed E-state index contributed by atoms with van der Waals surface area (Å²) in [5.41, 5.74) is 0.865. The third-order valence-electron chi connectivity index (χ3n) is 5.62. The van der Waals surface area contributed by atoms with Crippen LogP contribution in [0.4, 0.5) is 0 Å². The van der Waals surface area contributed by atoms with E-state index < -0.39 is 0 Å². The van der Waals surface area contributed by atoms with Crippen LogP contribution in [0.25, 0.3) is 0 Å². The highest BCUT2D eigenvalue weighted by Crippen LogP contribution is 2.22. The molecule has 3 rings (SSSR count). The quantitative estimate of drug-likeness (QED) is 0.680. The summed E-state index contributed by atoms with van der Waals surface area (Å²) >= 11 is 0. The predicted octanol–water partition coefficient (Wildman–Crippen LogP) is 2.36. The zero-order valence-electron chi connectivity index (χ0n) is 17.0. The van der Waals surface area contributed by atoms with Crippen LogP contribution in [0.15, 0.2) is 24.3 Å². The van der Waals surface area contributed by atoms with E-state index in [2.05, 4.69) is 12.2 Å². The molecule has 1 saturated heterocycles. The Kier molecular flexibility index (Phi) is 7.01. The number of hydrogen-bond acceptors (Lipinski definition) is 4. The molecule has 2 aliphatic heterocycles. The Morgan fingerprint density at radius 2 is 1.62 bits per heavy atom. The predicted molar refractivity (Wildman–Crippen MR) is 108 cm³/mol. The summed E-state index contributed by atoms with van der Waals surface area (Å²) < 4.78 is 0. The molecule has 1 N–H and O–H groups in total. The van der Waals surface area contributed by atoms with Crippen LogP contribution in [0.3, 0.4) is 0 Å². The summed E-state index contributed by atoms with van der Waals surface area (Å²) in [5, 5.41) is 3.02. The number of carbonyl (C=O) groups is 4. The van der Waals surface area contributed by atoms with Gasteiger partial charge in [-0.2, -0.15) is 0 Å². The molecule has 1 aromatic rings. The molecule has 7 heteroatoms. The number of hydrogen-bond donors (Lipinski definition) is 1. The highest BCUT2D eigenvalue weighted by atomic mass is 16.2. The van der Waals surface area contributed by atoms with E-state index in [1.165, 1.54) is 4.90 Å². The van der Waals surface area contributed by atoms with Crippen LogP contribution in [-0.4, -0.2) is 59.1 Å². The Balaban J connectivity index is 1.37. The van der Waals surface area contributed by atoms with Gasteiger partial charge in [0.05, 0.1) is 11.1 Å². The van der Waals surface area contributed by atoms with Gasteiger partial charge in [0.25, 0.3) is 11.8 Å². The summed E-state index contributed by atoms with van der Waals surface area (Å²) in [6.07, 6.45) is 4.77. The maximum Gasteiger partial charge on any atom is 0.261 e. The van der Waals surface area contributed by atoms with E-state index in [-0.39, 0.29) is 42.6 Å². The van der Waals surface area contributed by atoms with Gasteiger partial charge >= 0.3 is 0 Å². The van der Waals surface area contributed by atoms with Crippen LogP contribution in [0.5, 0.6) is 0 Å². The van der Waals surface area contributed by atoms with Gasteiger partial charge in [0.15, 0.2) is 0 Å². The second-order valence-corrected chi connectivity index (χ2v) is 7.74. The smallest absolute Gasteiger partial charge is 0.261 e. The van der Waals surface area contributed by atoms with Gasteiger partial charge in [0, 0.05) is 38.5 Å². The van der Waals surface area contributed by atoms with Gasteiger partial charge in [-0.25, -0.2) is 0 Å². The van der Waals surface area contributed by atoms with Crippen molar-refractivity contribution in [2.45, 2.75) is 57.9 Å². The molecule has 0 atom stereocenters. The normalized spacial score (nSPS) is 16.9. The van der Waals surface area contributed by atoms with Crippen molar-refractivity contribution in [3.8, 4) is 0 Å². The van der Waals surface area contributed by atoms with Crippen LogP contribution >= 0.6 is 0 Å². The van der Waals surface area contributed by atoms with E-state index in [9.17, 15) is 19.2 Å². The number of likely N-dealkylation sites (tertiary alicyclic amines) is 1. The first-order valence-electron chi connectivity index (χ1n) is 10.5. The average molecular weight is 399 g/mol. The van der Waals surface area contributed by atoms with Gasteiger partial charge < -0.3 is 10.2 Å². The van der Waals surface area contributed by atoms with E-state index in [4.69, 9.17) is 0 Å². The average Bonchev–Trinajstić information content (AvgIpc) is 2.97. The lowest BCUT2D eigenvalue weighted by Gasteiger charge is -2.32. The molecule has 1 aromatic carbocycles. The third-order valence-corrected chi connectivity index (χ3v) is 5.62. The fourth-order valence-electron chi connectivity index (χ4n) is 3.90. The van der Waals surface area contributed by atoms with Gasteiger partial charge in [0.1, 0.15) is 0 Å². The summed E-state index contributed by atoms with van der Waals surface area (Å²) in [7, 11) is 0. The van der Waals surface area contributed by atoms with E-state index in [0.29, 0.717) is 37.1 Å². The lowest BCUT2D eigenvalue weighted by atomic mass is 10.0. The molecule has 29 heavy (non-hydrogen) atoms. The fourth-order valence-corrected chi connectivity index (χ4v) is 3.90. The number of unbranched alkanes of at least 4 members (excludes halogenated alkanes) is 1. The van der Waals surface area contributed by atoms with Crippen LogP contribution in [0.2, 0.25) is 0 Å². The molecule has 1 fully saturated rings. The molecule has 0 unspecified atom stereocenters. The molecule has 0 spiro atoms. The van der Waals surface area contributed by atoms with Crippen molar-refractivity contribution in [1.82, 2.24) is 15.1 Å². The minimum Gasteiger partial charge on any atom is -0.353 e. The SMILES string of the molecule is CCCCC(=O)N1CCC(NC(=O)CCCN2C(=O)c3ccccc3C2=O)CC1. The van der Waals surface area contributed by atoms with E-state index in [1.807, 2.05) is 4.90 Å². The molecule has 0 bridgehead atoms. The fraction of sp³-hybridized carbons (Fsp3) is 0.545. The van der Waals surface area contributed by atoms with Gasteiger partial charge in [0.2, 0.25) is 11.8 Å². The van der Waals surface area contributed by atoms with Crippen LogP contribution in [-0.2, 0) is 9.59 Å². The molecular weight excluding hydrogens is 370 g/mol. The Labute approximate surface area is 171 Å². The molecular formula is C22H29N3O4. The third kappa shape index (κ3) is 5.02. The number of fused-ring (bicyclic) bond motifs is 1. The molecule has 0 aromatic heterocycles. The highest BCUT2D eigenvalue weighted by Gasteiger charge is 2.34. The second-order valence-electron chi connectivity index (χ2n) is 7.74. The van der Waals surface area contributed by atoms with Gasteiger partial charge in [-0.1, -0.05) is 25.5 Å². The molecule has 156 valence electrons. The lowest BCUT2D eigenvalue weighted by Crippen LogP contribution is -2.46. The van der Waals surface area contributed by atoms with Gasteiger partial charge in [-0.05, 0) is 37.8 Å². The van der Waals surface area contributed by atoms with E-state index in [0.717, 1.165) is 25.7 Å². The Bertz CT molecular complexity index is 749. The molecule has 0 saturated carbocycles. The lowest BCUT2D eigenvalue weighted by molar-refractivity contribution is -0.132. The van der Waals surface area contributed by atoms with Crippen LogP contribution in [0.1, 0.15) is 72.6 Å². The molecule has 2 heterocycles. The van der Waals surface area contributed by atoms with E-state index >= 15 is 0 Å². The second kappa shape index (κ2) is 9.67. The molecule has 2 aliphatic rings. The van der Waals surface area contributed by atoms with Crippen molar-refractivity contribution in [2.75, 3.05) is 19.6 Å². The number of rotatable bonds is 8. The number of nitrogens with one attached hydrogen (secondary N) is 1. The first kappa shape index (κ1) is 21.0.